The minimum atomic E-state index is -1.16. The van der Waals surface area contributed by atoms with E-state index >= 15 is 0 Å². The number of benzene rings is 1. The number of aliphatic hydroxyl groups is 1. The highest BCUT2D eigenvalue weighted by Gasteiger charge is 2.31. The quantitative estimate of drug-likeness (QED) is 0.895. The summed E-state index contributed by atoms with van der Waals surface area (Å²) in [6, 6.07) is 11.4. The topological polar surface area (TPSA) is 42.4 Å². The van der Waals surface area contributed by atoms with Crippen LogP contribution in [0.5, 0.6) is 0 Å². The Labute approximate surface area is 107 Å². The van der Waals surface area contributed by atoms with Gasteiger partial charge < -0.3 is 9.84 Å². The average molecular weight is 243 g/mol. The SMILES string of the molecule is COCC(O)(c1ccccc1)c1cncc(C)c1. The van der Waals surface area contributed by atoms with E-state index in [-0.39, 0.29) is 6.61 Å². The van der Waals surface area contributed by atoms with Crippen LogP contribution in [0.15, 0.2) is 48.8 Å². The van der Waals surface area contributed by atoms with E-state index in [2.05, 4.69) is 4.98 Å². The second-order valence-electron chi connectivity index (χ2n) is 4.41. The van der Waals surface area contributed by atoms with Crippen LogP contribution in [-0.2, 0) is 10.3 Å². The Morgan fingerprint density at radius 3 is 2.50 bits per heavy atom. The largest absolute Gasteiger partial charge is 0.381 e. The lowest BCUT2D eigenvalue weighted by Gasteiger charge is -2.28. The second kappa shape index (κ2) is 5.29. The van der Waals surface area contributed by atoms with E-state index in [0.29, 0.717) is 0 Å². The summed E-state index contributed by atoms with van der Waals surface area (Å²) in [6.07, 6.45) is 3.45. The summed E-state index contributed by atoms with van der Waals surface area (Å²) in [5.41, 5.74) is 1.41. The van der Waals surface area contributed by atoms with Crippen LogP contribution >= 0.6 is 0 Å². The maximum absolute atomic E-state index is 10.9. The number of rotatable bonds is 4. The number of hydrogen-bond acceptors (Lipinski definition) is 3. The molecule has 0 saturated carbocycles. The lowest BCUT2D eigenvalue weighted by Crippen LogP contribution is -2.32. The summed E-state index contributed by atoms with van der Waals surface area (Å²) < 4.78 is 5.18. The average Bonchev–Trinajstić information content (AvgIpc) is 2.40. The summed E-state index contributed by atoms with van der Waals surface area (Å²) in [5, 5.41) is 10.9. The Morgan fingerprint density at radius 1 is 1.17 bits per heavy atom. The first-order chi connectivity index (χ1) is 8.66. The van der Waals surface area contributed by atoms with Crippen LogP contribution in [0.2, 0.25) is 0 Å². The third-order valence-corrected chi connectivity index (χ3v) is 2.96. The zero-order chi connectivity index (χ0) is 13.0. The van der Waals surface area contributed by atoms with Gasteiger partial charge in [0.25, 0.3) is 0 Å². The molecule has 18 heavy (non-hydrogen) atoms. The molecule has 0 spiro atoms. The highest BCUT2D eigenvalue weighted by Crippen LogP contribution is 2.29. The lowest BCUT2D eigenvalue weighted by molar-refractivity contribution is -0.00355. The lowest BCUT2D eigenvalue weighted by atomic mass is 9.87. The van der Waals surface area contributed by atoms with E-state index in [1.807, 2.05) is 43.3 Å². The van der Waals surface area contributed by atoms with Crippen molar-refractivity contribution in [3.63, 3.8) is 0 Å². The van der Waals surface area contributed by atoms with Gasteiger partial charge in [0.05, 0.1) is 6.61 Å². The van der Waals surface area contributed by atoms with E-state index in [9.17, 15) is 5.11 Å². The maximum atomic E-state index is 10.9. The Balaban J connectivity index is 2.50. The van der Waals surface area contributed by atoms with Crippen LogP contribution in [0.4, 0.5) is 0 Å². The molecule has 0 aliphatic rings. The van der Waals surface area contributed by atoms with Gasteiger partial charge in [-0.15, -0.1) is 0 Å². The fourth-order valence-electron chi connectivity index (χ4n) is 2.04. The second-order valence-corrected chi connectivity index (χ2v) is 4.41. The molecule has 2 aromatic rings. The van der Waals surface area contributed by atoms with Gasteiger partial charge >= 0.3 is 0 Å². The predicted octanol–water partition coefficient (Wildman–Crippen LogP) is 2.27. The number of nitrogens with zero attached hydrogens (tertiary/aromatic N) is 1. The van der Waals surface area contributed by atoms with Crippen molar-refractivity contribution in [2.75, 3.05) is 13.7 Å². The van der Waals surface area contributed by atoms with E-state index in [4.69, 9.17) is 4.74 Å². The van der Waals surface area contributed by atoms with Crippen LogP contribution < -0.4 is 0 Å². The van der Waals surface area contributed by atoms with Gasteiger partial charge in [0.1, 0.15) is 5.60 Å². The molecule has 0 bridgehead atoms. The van der Waals surface area contributed by atoms with Gasteiger partial charge in [-0.05, 0) is 24.1 Å². The van der Waals surface area contributed by atoms with Gasteiger partial charge in [-0.25, -0.2) is 0 Å². The van der Waals surface area contributed by atoms with Gasteiger partial charge in [-0.1, -0.05) is 30.3 Å². The summed E-state index contributed by atoms with van der Waals surface area (Å²) in [6.45, 7) is 2.15. The van der Waals surface area contributed by atoms with Crippen LogP contribution in [0.25, 0.3) is 0 Å². The molecule has 2 rings (SSSR count). The summed E-state index contributed by atoms with van der Waals surface area (Å²) >= 11 is 0. The van der Waals surface area contributed by atoms with Crippen LogP contribution in [-0.4, -0.2) is 23.8 Å². The number of aryl methyl sites for hydroxylation is 1. The molecule has 0 radical (unpaired) electrons. The molecule has 3 heteroatoms. The Bertz CT molecular complexity index is 513. The summed E-state index contributed by atoms with van der Waals surface area (Å²) in [5.74, 6) is 0. The van der Waals surface area contributed by atoms with Gasteiger partial charge in [-0.2, -0.15) is 0 Å². The van der Waals surface area contributed by atoms with Gasteiger partial charge in [-0.3, -0.25) is 4.98 Å². The number of aromatic nitrogens is 1. The van der Waals surface area contributed by atoms with E-state index in [1.165, 1.54) is 0 Å². The molecule has 0 saturated heterocycles. The van der Waals surface area contributed by atoms with E-state index in [1.54, 1.807) is 19.5 Å². The van der Waals surface area contributed by atoms with Crippen molar-refractivity contribution >= 4 is 0 Å². The maximum Gasteiger partial charge on any atom is 0.139 e. The highest BCUT2D eigenvalue weighted by molar-refractivity contribution is 5.36. The van der Waals surface area contributed by atoms with E-state index in [0.717, 1.165) is 16.7 Å². The number of methoxy groups -OCH3 is 1. The summed E-state index contributed by atoms with van der Waals surface area (Å²) in [4.78, 5) is 4.14. The third-order valence-electron chi connectivity index (χ3n) is 2.96. The van der Waals surface area contributed by atoms with Gasteiger partial charge in [0, 0.05) is 25.1 Å². The molecule has 0 fully saturated rings. The Hall–Kier alpha value is -1.71. The first kappa shape index (κ1) is 12.7. The fourth-order valence-corrected chi connectivity index (χ4v) is 2.04. The molecule has 94 valence electrons. The first-order valence-electron chi connectivity index (χ1n) is 5.86. The first-order valence-corrected chi connectivity index (χ1v) is 5.86. The van der Waals surface area contributed by atoms with Gasteiger partial charge in [0.15, 0.2) is 0 Å². The normalized spacial score (nSPS) is 14.2. The van der Waals surface area contributed by atoms with Gasteiger partial charge in [0.2, 0.25) is 0 Å². The van der Waals surface area contributed by atoms with Crippen molar-refractivity contribution < 1.29 is 9.84 Å². The molecule has 1 unspecified atom stereocenters. The van der Waals surface area contributed by atoms with Crippen LogP contribution in [0.1, 0.15) is 16.7 Å². The predicted molar refractivity (Wildman–Crippen MR) is 70.3 cm³/mol. The molecule has 0 aliphatic heterocycles. The molecule has 1 N–H and O–H groups in total. The number of hydrogen-bond donors (Lipinski definition) is 1. The Kier molecular flexibility index (Phi) is 3.75. The standard InChI is InChI=1S/C15H17NO2/c1-12-8-14(10-16-9-12)15(17,11-18-2)13-6-4-3-5-7-13/h3-10,17H,11H2,1-2H3. The van der Waals surface area contributed by atoms with Crippen molar-refractivity contribution in [2.24, 2.45) is 0 Å². The molecular weight excluding hydrogens is 226 g/mol. The monoisotopic (exact) mass is 243 g/mol. The van der Waals surface area contributed by atoms with Crippen LogP contribution in [0, 0.1) is 6.92 Å². The molecule has 0 amide bonds. The van der Waals surface area contributed by atoms with E-state index < -0.39 is 5.60 Å². The molecule has 1 aromatic carbocycles. The van der Waals surface area contributed by atoms with Crippen molar-refractivity contribution in [3.05, 3.63) is 65.5 Å². The van der Waals surface area contributed by atoms with Crippen molar-refractivity contribution in [2.45, 2.75) is 12.5 Å². The molecule has 1 aromatic heterocycles. The minimum Gasteiger partial charge on any atom is -0.381 e. The third kappa shape index (κ3) is 2.42. The molecule has 0 aliphatic carbocycles. The fraction of sp³-hybridized carbons (Fsp3) is 0.267. The highest BCUT2D eigenvalue weighted by atomic mass is 16.5. The molecule has 1 heterocycles. The van der Waals surface area contributed by atoms with Crippen molar-refractivity contribution in [1.82, 2.24) is 4.98 Å². The molecule has 1 atom stereocenters. The van der Waals surface area contributed by atoms with Crippen molar-refractivity contribution in [1.29, 1.82) is 0 Å². The summed E-state index contributed by atoms with van der Waals surface area (Å²) in [7, 11) is 1.58. The van der Waals surface area contributed by atoms with Crippen molar-refractivity contribution in [3.8, 4) is 0 Å². The molecule has 3 nitrogen and oxygen atoms in total. The molecular formula is C15H17NO2. The zero-order valence-electron chi connectivity index (χ0n) is 10.6. The van der Waals surface area contributed by atoms with Crippen LogP contribution in [0.3, 0.4) is 0 Å². The Morgan fingerprint density at radius 2 is 1.89 bits per heavy atom. The number of ether oxygens (including phenoxy) is 1. The smallest absolute Gasteiger partial charge is 0.139 e. The zero-order valence-corrected chi connectivity index (χ0v) is 10.6. The minimum absolute atomic E-state index is 0.197. The number of pyridine rings is 1.